The molecule has 0 N–H and O–H groups in total. The van der Waals surface area contributed by atoms with E-state index in [4.69, 9.17) is 11.6 Å². The molecule has 0 fully saturated rings. The minimum atomic E-state index is -4.46. The monoisotopic (exact) mass is 644 g/mol. The number of hydrogen-bond donors (Lipinski definition) is 0. The second-order valence-electron chi connectivity index (χ2n) is 6.69. The van der Waals surface area contributed by atoms with Gasteiger partial charge in [0.15, 0.2) is 6.29 Å². The lowest BCUT2D eigenvalue weighted by atomic mass is 10.1. The Bertz CT molecular complexity index is 998. The molecule has 0 saturated heterocycles. The number of aromatic nitrogens is 3. The molecule has 0 aromatic carbocycles. The predicted molar refractivity (Wildman–Crippen MR) is 145 cm³/mol. The van der Waals surface area contributed by atoms with Crippen molar-refractivity contribution in [2.75, 3.05) is 13.6 Å². The zero-order valence-corrected chi connectivity index (χ0v) is 24.2. The summed E-state index contributed by atoms with van der Waals surface area (Å²) in [6, 6.07) is 2.40. The number of carbonyl (C=O) groups excluding carboxylic acids is 1. The highest BCUT2D eigenvalue weighted by atomic mass is 127. The molecule has 2 aromatic heterocycles. The molecule has 0 spiro atoms. The van der Waals surface area contributed by atoms with Gasteiger partial charge in [-0.2, -0.15) is 18.3 Å². The molecule has 0 bridgehead atoms. The van der Waals surface area contributed by atoms with Crippen molar-refractivity contribution in [1.29, 1.82) is 0 Å². The molecular weight excluding hydrogens is 615 g/mol. The summed E-state index contributed by atoms with van der Waals surface area (Å²) >= 11 is 8.32. The Labute approximate surface area is 224 Å². The number of aldehydes is 1. The van der Waals surface area contributed by atoms with Gasteiger partial charge in [-0.15, -0.1) is 0 Å². The van der Waals surface area contributed by atoms with E-state index in [0.717, 1.165) is 17.5 Å². The lowest BCUT2D eigenvalue weighted by molar-refractivity contribution is -0.141. The summed E-state index contributed by atoms with van der Waals surface area (Å²) in [6.07, 6.45) is 1.66. The Morgan fingerprint density at radius 2 is 1.97 bits per heavy atom. The van der Waals surface area contributed by atoms with Crippen molar-refractivity contribution in [3.8, 4) is 0 Å². The second kappa shape index (κ2) is 15.4. The third kappa shape index (κ3) is 9.02. The number of carbonyl (C=O) groups is 1. The van der Waals surface area contributed by atoms with Crippen molar-refractivity contribution in [1.82, 2.24) is 24.2 Å². The van der Waals surface area contributed by atoms with Crippen LogP contribution in [0.4, 0.5) is 13.2 Å². The Morgan fingerprint density at radius 3 is 2.51 bits per heavy atom. The van der Waals surface area contributed by atoms with E-state index in [-0.39, 0.29) is 5.03 Å². The number of fused-ring (bicyclic) bond motifs is 1. The summed E-state index contributed by atoms with van der Waals surface area (Å²) in [5.41, 5.74) is 2.05. The van der Waals surface area contributed by atoms with Crippen LogP contribution in [0.2, 0.25) is 0 Å². The van der Waals surface area contributed by atoms with Gasteiger partial charge in [0.1, 0.15) is 10.7 Å². The highest BCUT2D eigenvalue weighted by molar-refractivity contribution is 14.2. The van der Waals surface area contributed by atoms with E-state index in [2.05, 4.69) is 37.1 Å². The van der Waals surface area contributed by atoms with Crippen LogP contribution in [0, 0.1) is 0 Å². The van der Waals surface area contributed by atoms with Crippen molar-refractivity contribution in [3.63, 3.8) is 0 Å². The highest BCUT2D eigenvalue weighted by Crippen LogP contribution is 2.28. The van der Waals surface area contributed by atoms with Gasteiger partial charge in [0.25, 0.3) is 0 Å². The average Bonchev–Trinajstić information content (AvgIpc) is 3.27. The molecule has 13 heteroatoms. The van der Waals surface area contributed by atoms with Crippen molar-refractivity contribution < 1.29 is 18.0 Å². The molecule has 7 nitrogen and oxygen atoms in total. The molecule has 0 radical (unpaired) electrons. The lowest BCUT2D eigenvalue weighted by Gasteiger charge is -2.30. The van der Waals surface area contributed by atoms with Crippen LogP contribution in [0.25, 0.3) is 0 Å². The number of hydrazone groups is 1. The van der Waals surface area contributed by atoms with Crippen LogP contribution in [-0.4, -0.2) is 50.3 Å². The van der Waals surface area contributed by atoms with Gasteiger partial charge in [0.2, 0.25) is 0 Å². The molecule has 3 rings (SSSR count). The second-order valence-corrected chi connectivity index (χ2v) is 9.36. The van der Waals surface area contributed by atoms with Gasteiger partial charge in [-0.25, -0.2) is 4.98 Å². The molecule has 1 unspecified atom stereocenters. The molecule has 1 aliphatic heterocycles. The highest BCUT2D eigenvalue weighted by Gasteiger charge is 2.32. The van der Waals surface area contributed by atoms with Crippen LogP contribution in [0.1, 0.15) is 50.3 Å². The van der Waals surface area contributed by atoms with Crippen LogP contribution in [0.3, 0.4) is 0 Å². The Balaban J connectivity index is 0.00000145. The van der Waals surface area contributed by atoms with Crippen molar-refractivity contribution >= 4 is 52.5 Å². The Kier molecular flexibility index (Phi) is 13.8. The van der Waals surface area contributed by atoms with Gasteiger partial charge < -0.3 is 9.47 Å². The molecular formula is C22H30ClF3IN6OP. The molecule has 0 aliphatic carbocycles. The zero-order valence-electron chi connectivity index (χ0n) is 20.3. The van der Waals surface area contributed by atoms with Gasteiger partial charge >= 0.3 is 6.18 Å². The van der Waals surface area contributed by atoms with E-state index in [1.54, 1.807) is 17.3 Å². The molecule has 2 aromatic rings. The summed E-state index contributed by atoms with van der Waals surface area (Å²) in [4.78, 5) is 21.1. The largest absolute Gasteiger partial charge is 0.433 e. The standard InChI is InChI=1S/C18H18ClF3IN6OP.2C2H6/c1-27(31-23)26-7-16(13(19)10-30)28-5-4-15-14(9-28)25-11-29(15)8-12-2-3-17(24-6-12)18(20,21)22;2*1-2/h2-3,6-7,10-11,31H,4-5,8-9H2,1H3;2*1-2H3/b16-13-,26-7-;;. The maximum Gasteiger partial charge on any atom is 0.433 e. The SMILES string of the molecule is CC.CC.CN(/N=C\C(=C(\Cl)C=O)N1CCc2c(ncn2Cc2ccc(C(F)(F)F)nc2)C1)PI. The first-order chi connectivity index (χ1) is 16.7. The molecule has 0 amide bonds. The molecule has 1 atom stereocenters. The van der Waals surface area contributed by atoms with Crippen LogP contribution < -0.4 is 0 Å². The van der Waals surface area contributed by atoms with Gasteiger partial charge in [-0.1, -0.05) is 45.4 Å². The maximum atomic E-state index is 12.7. The summed E-state index contributed by atoms with van der Waals surface area (Å²) in [6.45, 7) is 9.40. The fourth-order valence-corrected chi connectivity index (χ4v) is 3.76. The minimum Gasteiger partial charge on any atom is -0.363 e. The topological polar surface area (TPSA) is 66.6 Å². The van der Waals surface area contributed by atoms with E-state index >= 15 is 0 Å². The van der Waals surface area contributed by atoms with E-state index in [1.807, 2.05) is 44.2 Å². The first-order valence-electron chi connectivity index (χ1n) is 11.0. The smallest absolute Gasteiger partial charge is 0.363 e. The third-order valence-electron chi connectivity index (χ3n) is 4.62. The molecule has 0 saturated carbocycles. The summed E-state index contributed by atoms with van der Waals surface area (Å²) in [5, 5.41) is 4.35. The van der Waals surface area contributed by atoms with E-state index < -0.39 is 11.9 Å². The third-order valence-corrected chi connectivity index (χ3v) is 7.36. The van der Waals surface area contributed by atoms with Crippen LogP contribution in [-0.2, 0) is 30.5 Å². The average molecular weight is 645 g/mol. The number of imidazole rings is 1. The van der Waals surface area contributed by atoms with E-state index in [9.17, 15) is 18.0 Å². The van der Waals surface area contributed by atoms with Crippen LogP contribution in [0.5, 0.6) is 0 Å². The van der Waals surface area contributed by atoms with Gasteiger partial charge in [-0.05, 0) is 33.7 Å². The Hall–Kier alpha value is -1.72. The fraction of sp³-hybridized carbons (Fsp3) is 0.455. The molecule has 194 valence electrons. The summed E-state index contributed by atoms with van der Waals surface area (Å²) in [7, 11) is 1.82. The number of nitrogens with zero attached hydrogens (tertiary/aromatic N) is 6. The van der Waals surface area contributed by atoms with Crippen LogP contribution >= 0.6 is 40.0 Å². The van der Waals surface area contributed by atoms with Crippen molar-refractivity contribution in [2.45, 2.75) is 53.4 Å². The normalized spacial score (nSPS) is 14.1. The van der Waals surface area contributed by atoms with Gasteiger partial charge in [0, 0.05) is 31.9 Å². The first kappa shape index (κ1) is 31.3. The fourth-order valence-electron chi connectivity index (χ4n) is 3.11. The van der Waals surface area contributed by atoms with Crippen molar-refractivity contribution in [3.05, 3.63) is 58.0 Å². The summed E-state index contributed by atoms with van der Waals surface area (Å²) < 4.78 is 41.7. The number of hydrogen-bond acceptors (Lipinski definition) is 6. The zero-order chi connectivity index (χ0) is 26.6. The number of pyridine rings is 1. The Morgan fingerprint density at radius 1 is 1.29 bits per heavy atom. The molecule has 3 heterocycles. The predicted octanol–water partition coefficient (Wildman–Crippen LogP) is 6.27. The van der Waals surface area contributed by atoms with Crippen molar-refractivity contribution in [2.24, 2.45) is 5.10 Å². The van der Waals surface area contributed by atoms with Gasteiger partial charge in [0.05, 0.1) is 43.4 Å². The first-order valence-corrected chi connectivity index (χ1v) is 15.5. The number of rotatable bonds is 7. The van der Waals surface area contributed by atoms with Gasteiger partial charge in [-0.3, -0.25) is 14.6 Å². The molecule has 1 aliphatic rings. The minimum absolute atomic E-state index is 0.0626. The lowest BCUT2D eigenvalue weighted by Crippen LogP contribution is -2.32. The molecule has 35 heavy (non-hydrogen) atoms. The quantitative estimate of drug-likeness (QED) is 0.0889. The van der Waals surface area contributed by atoms with E-state index in [0.29, 0.717) is 50.0 Å². The number of allylic oxidation sites excluding steroid dienone is 2. The number of halogens is 5. The maximum absolute atomic E-state index is 12.7. The number of alkyl halides is 3. The summed E-state index contributed by atoms with van der Waals surface area (Å²) in [5.74, 6) is 0. The van der Waals surface area contributed by atoms with E-state index in [1.165, 1.54) is 12.3 Å². The van der Waals surface area contributed by atoms with Crippen LogP contribution in [0.15, 0.2) is 40.5 Å².